The van der Waals surface area contributed by atoms with Crippen molar-refractivity contribution in [2.45, 2.75) is 6.18 Å². The zero-order valence-electron chi connectivity index (χ0n) is 11.7. The summed E-state index contributed by atoms with van der Waals surface area (Å²) in [5, 5.41) is 4.39. The molecule has 0 unspecified atom stereocenters. The van der Waals surface area contributed by atoms with Crippen LogP contribution in [0, 0.1) is 0 Å². The first-order valence-corrected chi connectivity index (χ1v) is 8.60. The van der Waals surface area contributed by atoms with Crippen LogP contribution in [0.3, 0.4) is 0 Å². The van der Waals surface area contributed by atoms with E-state index in [4.69, 9.17) is 11.6 Å². The number of alkyl halides is 3. The van der Waals surface area contributed by atoms with E-state index in [1.165, 1.54) is 23.5 Å². The lowest BCUT2D eigenvalue weighted by atomic mass is 10.2. The van der Waals surface area contributed by atoms with E-state index >= 15 is 0 Å². The van der Waals surface area contributed by atoms with Crippen molar-refractivity contribution < 1.29 is 18.0 Å². The Labute approximate surface area is 148 Å². The van der Waals surface area contributed by atoms with Crippen LogP contribution >= 0.6 is 34.7 Å². The van der Waals surface area contributed by atoms with E-state index in [-0.39, 0.29) is 15.9 Å². The van der Waals surface area contributed by atoms with Crippen LogP contribution in [0.4, 0.5) is 18.9 Å². The summed E-state index contributed by atoms with van der Waals surface area (Å²) in [6, 6.07) is 6.98. The van der Waals surface area contributed by atoms with Gasteiger partial charge in [-0.2, -0.15) is 13.2 Å². The molecule has 1 aromatic carbocycles. The van der Waals surface area contributed by atoms with Crippen LogP contribution in [-0.4, -0.2) is 11.1 Å². The van der Waals surface area contributed by atoms with Crippen molar-refractivity contribution in [3.05, 3.63) is 56.1 Å². The first kappa shape index (κ1) is 17.1. The van der Waals surface area contributed by atoms with E-state index in [2.05, 4.69) is 10.3 Å². The Morgan fingerprint density at radius 3 is 2.71 bits per heavy atom. The standard InChI is InChI=1S/C15H8ClF3N2OS2/c16-8-3-4-11(10(6-8)15(17,18)19)20-14-21-13(22)12(24-14)7-9-2-1-5-23-9/h1-7H,(H,20,21,22)/b12-7+. The molecule has 9 heteroatoms. The molecule has 0 atom stereocenters. The van der Waals surface area contributed by atoms with Gasteiger partial charge in [0.25, 0.3) is 5.91 Å². The Morgan fingerprint density at radius 2 is 2.04 bits per heavy atom. The van der Waals surface area contributed by atoms with Gasteiger partial charge in [-0.05, 0) is 47.5 Å². The number of amidine groups is 1. The van der Waals surface area contributed by atoms with Crippen molar-refractivity contribution in [3.63, 3.8) is 0 Å². The molecule has 0 saturated carbocycles. The quantitative estimate of drug-likeness (QED) is 0.708. The molecule has 3 rings (SSSR count). The maximum absolute atomic E-state index is 13.1. The number of thioether (sulfide) groups is 1. The molecule has 0 aliphatic carbocycles. The zero-order chi connectivity index (χ0) is 17.3. The monoisotopic (exact) mass is 388 g/mol. The number of nitrogens with zero attached hydrogens (tertiary/aromatic N) is 1. The normalized spacial score (nSPS) is 18.4. The van der Waals surface area contributed by atoms with Crippen LogP contribution in [0.25, 0.3) is 6.08 Å². The lowest BCUT2D eigenvalue weighted by molar-refractivity contribution is -0.137. The van der Waals surface area contributed by atoms with Gasteiger partial charge < -0.3 is 5.32 Å². The van der Waals surface area contributed by atoms with Crippen molar-refractivity contribution in [1.29, 1.82) is 0 Å². The van der Waals surface area contributed by atoms with Gasteiger partial charge in [0, 0.05) is 9.90 Å². The summed E-state index contributed by atoms with van der Waals surface area (Å²) in [5.41, 5.74) is -1.25. The van der Waals surface area contributed by atoms with E-state index in [9.17, 15) is 18.0 Å². The molecule has 0 spiro atoms. The van der Waals surface area contributed by atoms with Crippen LogP contribution < -0.4 is 5.32 Å². The molecule has 2 heterocycles. The third-order valence-electron chi connectivity index (χ3n) is 2.95. The molecule has 1 aliphatic rings. The molecule has 0 bridgehead atoms. The average molecular weight is 389 g/mol. The summed E-state index contributed by atoms with van der Waals surface area (Å²) in [6.45, 7) is 0. The number of carbonyl (C=O) groups is 1. The number of carbonyl (C=O) groups excluding carboxylic acids is 1. The maximum Gasteiger partial charge on any atom is 0.418 e. The van der Waals surface area contributed by atoms with Gasteiger partial charge in [0.15, 0.2) is 5.17 Å². The number of rotatable bonds is 2. The van der Waals surface area contributed by atoms with Crippen LogP contribution in [0.2, 0.25) is 5.02 Å². The topological polar surface area (TPSA) is 41.5 Å². The minimum absolute atomic E-state index is 0.0346. The highest BCUT2D eigenvalue weighted by Crippen LogP contribution is 2.39. The van der Waals surface area contributed by atoms with Gasteiger partial charge in [0.2, 0.25) is 0 Å². The number of amides is 1. The molecule has 1 amide bonds. The van der Waals surface area contributed by atoms with E-state index in [0.717, 1.165) is 22.7 Å². The number of aliphatic imine (C=N–C) groups is 1. The second-order valence-corrected chi connectivity index (χ2v) is 7.10. The molecule has 24 heavy (non-hydrogen) atoms. The third kappa shape index (κ3) is 3.82. The number of hydrogen-bond donors (Lipinski definition) is 1. The van der Waals surface area contributed by atoms with Gasteiger partial charge in [-0.1, -0.05) is 17.7 Å². The summed E-state index contributed by atoms with van der Waals surface area (Å²) >= 11 is 8.08. The fraction of sp³-hybridized carbons (Fsp3) is 0.0667. The maximum atomic E-state index is 13.1. The molecule has 2 aromatic rings. The molecule has 1 saturated heterocycles. The fourth-order valence-corrected chi connectivity index (χ4v) is 3.65. The Morgan fingerprint density at radius 1 is 1.25 bits per heavy atom. The summed E-state index contributed by atoms with van der Waals surface area (Å²) in [4.78, 5) is 17.1. The number of benzene rings is 1. The Bertz CT molecular complexity index is 845. The predicted octanol–water partition coefficient (Wildman–Crippen LogP) is 5.31. The molecule has 1 N–H and O–H groups in total. The molecule has 1 aromatic heterocycles. The average Bonchev–Trinajstić information content (AvgIpc) is 3.11. The lowest BCUT2D eigenvalue weighted by Gasteiger charge is -2.10. The summed E-state index contributed by atoms with van der Waals surface area (Å²) in [7, 11) is 0. The first-order valence-electron chi connectivity index (χ1n) is 6.53. The smallest absolute Gasteiger partial charge is 0.300 e. The zero-order valence-corrected chi connectivity index (χ0v) is 14.1. The van der Waals surface area contributed by atoms with Crippen molar-refractivity contribution >= 4 is 57.5 Å². The Balaban J connectivity index is 1.92. The molecule has 0 radical (unpaired) electrons. The fourth-order valence-electron chi connectivity index (χ4n) is 1.93. The van der Waals surface area contributed by atoms with E-state index in [1.54, 1.807) is 6.08 Å². The molecule has 1 fully saturated rings. The molecule has 1 aliphatic heterocycles. The SMILES string of the molecule is O=C1NC(=Nc2ccc(Cl)cc2C(F)(F)F)S/C1=C/c1cccs1. The first-order chi connectivity index (χ1) is 11.3. The van der Waals surface area contributed by atoms with Gasteiger partial charge in [-0.25, -0.2) is 4.99 Å². The van der Waals surface area contributed by atoms with Gasteiger partial charge >= 0.3 is 6.18 Å². The van der Waals surface area contributed by atoms with Crippen LogP contribution in [0.15, 0.2) is 45.6 Å². The van der Waals surface area contributed by atoms with Gasteiger partial charge in [0.05, 0.1) is 16.2 Å². The molecular formula is C15H8ClF3N2OS2. The Kier molecular flexibility index (Phi) is 4.71. The highest BCUT2D eigenvalue weighted by Gasteiger charge is 2.34. The molecular weight excluding hydrogens is 381 g/mol. The number of nitrogens with one attached hydrogen (secondary N) is 1. The highest BCUT2D eigenvalue weighted by molar-refractivity contribution is 8.18. The van der Waals surface area contributed by atoms with E-state index < -0.39 is 17.6 Å². The van der Waals surface area contributed by atoms with Crippen LogP contribution in [-0.2, 0) is 11.0 Å². The number of thiophene rings is 1. The summed E-state index contributed by atoms with van der Waals surface area (Å²) in [5.74, 6) is -0.394. The second-order valence-electron chi connectivity index (χ2n) is 4.66. The van der Waals surface area contributed by atoms with Crippen molar-refractivity contribution in [3.8, 4) is 0 Å². The molecule has 3 nitrogen and oxygen atoms in total. The lowest BCUT2D eigenvalue weighted by Crippen LogP contribution is -2.19. The third-order valence-corrected chi connectivity index (χ3v) is 4.92. The van der Waals surface area contributed by atoms with Crippen molar-refractivity contribution in [2.24, 2.45) is 4.99 Å². The number of hydrogen-bond acceptors (Lipinski definition) is 4. The summed E-state index contributed by atoms with van der Waals surface area (Å²) < 4.78 is 39.2. The van der Waals surface area contributed by atoms with Crippen molar-refractivity contribution in [1.82, 2.24) is 5.32 Å². The number of halogens is 4. The predicted molar refractivity (Wildman–Crippen MR) is 91.6 cm³/mol. The van der Waals surface area contributed by atoms with E-state index in [0.29, 0.717) is 4.91 Å². The highest BCUT2D eigenvalue weighted by atomic mass is 35.5. The van der Waals surface area contributed by atoms with Crippen LogP contribution in [0.5, 0.6) is 0 Å². The van der Waals surface area contributed by atoms with Gasteiger partial charge in [0.1, 0.15) is 0 Å². The van der Waals surface area contributed by atoms with E-state index in [1.807, 2.05) is 17.5 Å². The second kappa shape index (κ2) is 6.62. The minimum Gasteiger partial charge on any atom is -0.300 e. The Hall–Kier alpha value is -1.77. The van der Waals surface area contributed by atoms with Crippen LogP contribution in [0.1, 0.15) is 10.4 Å². The molecule has 124 valence electrons. The minimum atomic E-state index is -4.59. The largest absolute Gasteiger partial charge is 0.418 e. The van der Waals surface area contributed by atoms with Gasteiger partial charge in [-0.3, -0.25) is 4.79 Å². The summed E-state index contributed by atoms with van der Waals surface area (Å²) in [6.07, 6.45) is -2.92. The van der Waals surface area contributed by atoms with Gasteiger partial charge in [-0.15, -0.1) is 11.3 Å². The van der Waals surface area contributed by atoms with Crippen molar-refractivity contribution in [2.75, 3.05) is 0 Å².